The summed E-state index contributed by atoms with van der Waals surface area (Å²) in [6.45, 7) is 3.80. The van der Waals surface area contributed by atoms with Gasteiger partial charge in [-0.15, -0.1) is 0 Å². The minimum Gasteiger partial charge on any atom is -0.491 e. The standard InChI is InChI=1S/C24H29NO7S/c1-24(2,11-13-31-20(27)16-33)21(18-9-6-10-19(15-18)30-14-12-26)32-23(29)25-22(28)17-7-4-3-5-8-17/h3-10,15,21,26,33H,11-14,16H2,1-2H3,(H,25,28,29)/t21-/m1/s1. The van der Waals surface area contributed by atoms with Crippen LogP contribution in [0.3, 0.4) is 0 Å². The molecule has 9 heteroatoms. The lowest BCUT2D eigenvalue weighted by molar-refractivity contribution is -0.141. The molecule has 33 heavy (non-hydrogen) atoms. The highest BCUT2D eigenvalue weighted by Gasteiger charge is 2.35. The van der Waals surface area contributed by atoms with Crippen LogP contribution in [0.1, 0.15) is 42.3 Å². The summed E-state index contributed by atoms with van der Waals surface area (Å²) >= 11 is 3.89. The SMILES string of the molecule is CC(C)(CCOC(=O)CS)[C@H](OC(=O)NC(=O)c1ccccc1)c1cccc(OCCO)c1. The van der Waals surface area contributed by atoms with Gasteiger partial charge in [0.1, 0.15) is 18.5 Å². The summed E-state index contributed by atoms with van der Waals surface area (Å²) in [5.74, 6) is -0.570. The van der Waals surface area contributed by atoms with Crippen molar-refractivity contribution in [1.82, 2.24) is 5.32 Å². The highest BCUT2D eigenvalue weighted by Crippen LogP contribution is 2.40. The number of alkyl carbamates (subject to hydrolysis) is 1. The Balaban J connectivity index is 2.21. The van der Waals surface area contributed by atoms with Crippen molar-refractivity contribution in [3.63, 3.8) is 0 Å². The number of thiol groups is 1. The normalized spacial score (nSPS) is 11.9. The Kier molecular flexibility index (Phi) is 10.2. The van der Waals surface area contributed by atoms with Gasteiger partial charge in [-0.25, -0.2) is 4.79 Å². The van der Waals surface area contributed by atoms with Crippen molar-refractivity contribution >= 4 is 30.6 Å². The van der Waals surface area contributed by atoms with Crippen LogP contribution in [-0.4, -0.2) is 48.6 Å². The van der Waals surface area contributed by atoms with E-state index in [0.717, 1.165) is 0 Å². The lowest BCUT2D eigenvalue weighted by Gasteiger charge is -2.34. The fourth-order valence-corrected chi connectivity index (χ4v) is 3.20. The Labute approximate surface area is 198 Å². The van der Waals surface area contributed by atoms with E-state index in [2.05, 4.69) is 17.9 Å². The number of benzene rings is 2. The fourth-order valence-electron chi connectivity index (χ4n) is 3.11. The summed E-state index contributed by atoms with van der Waals surface area (Å²) in [7, 11) is 0. The second-order valence-electron chi connectivity index (χ2n) is 7.87. The Bertz CT molecular complexity index is 933. The molecule has 0 aliphatic heterocycles. The maximum atomic E-state index is 12.6. The van der Waals surface area contributed by atoms with Gasteiger partial charge in [0, 0.05) is 11.0 Å². The number of rotatable bonds is 11. The Morgan fingerprint density at radius 3 is 2.45 bits per heavy atom. The fraction of sp³-hybridized carbons (Fsp3) is 0.375. The third-order valence-electron chi connectivity index (χ3n) is 4.85. The molecule has 0 spiro atoms. The molecule has 1 atom stereocenters. The molecule has 0 aliphatic rings. The van der Waals surface area contributed by atoms with Crippen molar-refractivity contribution in [2.24, 2.45) is 5.41 Å². The van der Waals surface area contributed by atoms with Gasteiger partial charge in [0.05, 0.1) is 19.0 Å². The van der Waals surface area contributed by atoms with Crippen LogP contribution in [0, 0.1) is 5.41 Å². The second kappa shape index (κ2) is 12.9. The van der Waals surface area contributed by atoms with Crippen LogP contribution in [-0.2, 0) is 14.3 Å². The van der Waals surface area contributed by atoms with Crippen molar-refractivity contribution in [2.75, 3.05) is 25.6 Å². The van der Waals surface area contributed by atoms with E-state index in [0.29, 0.717) is 23.3 Å². The first-order valence-corrected chi connectivity index (χ1v) is 11.1. The topological polar surface area (TPSA) is 111 Å². The number of ether oxygens (including phenoxy) is 3. The van der Waals surface area contributed by atoms with Gasteiger partial charge in [0.2, 0.25) is 0 Å². The van der Waals surface area contributed by atoms with Crippen LogP contribution in [0.15, 0.2) is 54.6 Å². The molecule has 0 heterocycles. The van der Waals surface area contributed by atoms with E-state index >= 15 is 0 Å². The second-order valence-corrected chi connectivity index (χ2v) is 8.18. The first kappa shape index (κ1) is 26.2. The van der Waals surface area contributed by atoms with Crippen molar-refractivity contribution < 1.29 is 33.7 Å². The summed E-state index contributed by atoms with van der Waals surface area (Å²) in [6.07, 6.45) is -1.33. The molecule has 2 aromatic rings. The van der Waals surface area contributed by atoms with Crippen molar-refractivity contribution in [3.05, 3.63) is 65.7 Å². The lowest BCUT2D eigenvalue weighted by atomic mass is 9.80. The number of hydrogen-bond acceptors (Lipinski definition) is 8. The molecule has 8 nitrogen and oxygen atoms in total. The van der Waals surface area contributed by atoms with E-state index in [-0.39, 0.29) is 25.6 Å². The zero-order valence-electron chi connectivity index (χ0n) is 18.7. The third-order valence-corrected chi connectivity index (χ3v) is 5.10. The van der Waals surface area contributed by atoms with E-state index in [9.17, 15) is 14.4 Å². The molecule has 0 fully saturated rings. The molecule has 0 bridgehead atoms. The summed E-state index contributed by atoms with van der Waals surface area (Å²) in [5, 5.41) is 11.3. The van der Waals surface area contributed by atoms with Gasteiger partial charge >= 0.3 is 12.1 Å². The van der Waals surface area contributed by atoms with Gasteiger partial charge in [-0.1, -0.05) is 44.2 Å². The average molecular weight is 476 g/mol. The Hall–Kier alpha value is -3.04. The zero-order chi connectivity index (χ0) is 24.3. The van der Waals surface area contributed by atoms with Gasteiger partial charge in [0.25, 0.3) is 5.91 Å². The number of nitrogens with one attached hydrogen (secondary N) is 1. The predicted molar refractivity (Wildman–Crippen MR) is 125 cm³/mol. The lowest BCUT2D eigenvalue weighted by Crippen LogP contribution is -2.36. The molecule has 2 N–H and O–H groups in total. The summed E-state index contributed by atoms with van der Waals surface area (Å²) in [4.78, 5) is 36.4. The molecule has 2 rings (SSSR count). The predicted octanol–water partition coefficient (Wildman–Crippen LogP) is 3.55. The number of aliphatic hydroxyl groups excluding tert-OH is 1. The quantitative estimate of drug-likeness (QED) is 0.337. The first-order valence-electron chi connectivity index (χ1n) is 10.4. The van der Waals surface area contributed by atoms with Gasteiger partial charge < -0.3 is 19.3 Å². The van der Waals surface area contributed by atoms with Crippen molar-refractivity contribution in [1.29, 1.82) is 0 Å². The van der Waals surface area contributed by atoms with Gasteiger partial charge in [-0.05, 0) is 36.2 Å². The molecule has 2 amide bonds. The Morgan fingerprint density at radius 1 is 1.06 bits per heavy atom. The molecule has 178 valence electrons. The molecule has 0 aliphatic carbocycles. The van der Waals surface area contributed by atoms with Gasteiger partial charge in [-0.2, -0.15) is 12.6 Å². The van der Waals surface area contributed by atoms with Crippen molar-refractivity contribution in [3.8, 4) is 5.75 Å². The number of hydrogen-bond donors (Lipinski definition) is 3. The van der Waals surface area contributed by atoms with E-state index in [1.807, 2.05) is 13.8 Å². The molecule has 0 radical (unpaired) electrons. The highest BCUT2D eigenvalue weighted by atomic mass is 32.1. The number of carbonyl (C=O) groups is 3. The first-order chi connectivity index (χ1) is 15.8. The van der Waals surface area contributed by atoms with Crippen LogP contribution >= 0.6 is 12.6 Å². The summed E-state index contributed by atoms with van der Waals surface area (Å²) in [6, 6.07) is 15.2. The average Bonchev–Trinajstić information content (AvgIpc) is 2.81. The Morgan fingerprint density at radius 2 is 1.79 bits per heavy atom. The maximum absolute atomic E-state index is 12.6. The molecular weight excluding hydrogens is 446 g/mol. The van der Waals surface area contributed by atoms with Crippen LogP contribution in [0.4, 0.5) is 4.79 Å². The minimum absolute atomic E-state index is 0.0331. The number of esters is 1. The minimum atomic E-state index is -0.907. The van der Waals surface area contributed by atoms with Crippen LogP contribution in [0.2, 0.25) is 0 Å². The van der Waals surface area contributed by atoms with E-state index < -0.39 is 29.5 Å². The summed E-state index contributed by atoms with van der Waals surface area (Å²) in [5.41, 5.74) is 0.265. The van der Waals surface area contributed by atoms with E-state index in [1.165, 1.54) is 0 Å². The number of amides is 2. The molecular formula is C24H29NO7S. The number of imide groups is 1. The summed E-state index contributed by atoms with van der Waals surface area (Å²) < 4.78 is 16.3. The molecule has 0 unspecified atom stereocenters. The molecule has 0 saturated carbocycles. The van der Waals surface area contributed by atoms with E-state index in [1.54, 1.807) is 54.6 Å². The van der Waals surface area contributed by atoms with Gasteiger partial charge in [-0.3, -0.25) is 14.9 Å². The van der Waals surface area contributed by atoms with Crippen molar-refractivity contribution in [2.45, 2.75) is 26.4 Å². The largest absolute Gasteiger partial charge is 0.491 e. The smallest absolute Gasteiger partial charge is 0.414 e. The maximum Gasteiger partial charge on any atom is 0.414 e. The van der Waals surface area contributed by atoms with E-state index in [4.69, 9.17) is 19.3 Å². The van der Waals surface area contributed by atoms with Crippen LogP contribution in [0.5, 0.6) is 5.75 Å². The monoisotopic (exact) mass is 475 g/mol. The highest BCUT2D eigenvalue weighted by molar-refractivity contribution is 7.81. The number of aliphatic hydroxyl groups is 1. The zero-order valence-corrected chi connectivity index (χ0v) is 19.5. The molecule has 2 aromatic carbocycles. The third kappa shape index (κ3) is 8.43. The van der Waals surface area contributed by atoms with Crippen LogP contribution in [0.25, 0.3) is 0 Å². The molecule has 0 saturated heterocycles. The van der Waals surface area contributed by atoms with Gasteiger partial charge in [0.15, 0.2) is 0 Å². The molecule has 0 aromatic heterocycles. The van der Waals surface area contributed by atoms with Crippen LogP contribution < -0.4 is 10.1 Å². The number of carbonyl (C=O) groups excluding carboxylic acids is 3.